The predicted octanol–water partition coefficient (Wildman–Crippen LogP) is 4.01. The van der Waals surface area contributed by atoms with Crippen LogP contribution < -0.4 is 19.1 Å². The molecule has 7 nitrogen and oxygen atoms in total. The number of benzene rings is 1. The van der Waals surface area contributed by atoms with Gasteiger partial charge in [0.1, 0.15) is 24.0 Å². The van der Waals surface area contributed by atoms with Gasteiger partial charge in [-0.25, -0.2) is 4.98 Å². The SMILES string of the molecule is COc1c(OCC2CC2)ncnc1N1CC[C@@H](Oc2ccc([C@H](C)CC(C)=O)cc2)C1. The van der Waals surface area contributed by atoms with E-state index in [1.54, 1.807) is 14.0 Å². The Balaban J connectivity index is 1.37. The lowest BCUT2D eigenvalue weighted by Crippen LogP contribution is -2.26. The number of carbonyl (C=O) groups is 1. The van der Waals surface area contributed by atoms with E-state index in [0.29, 0.717) is 30.6 Å². The molecule has 1 aromatic heterocycles. The Morgan fingerprint density at radius 2 is 1.97 bits per heavy atom. The van der Waals surface area contributed by atoms with E-state index in [1.165, 1.54) is 19.2 Å². The summed E-state index contributed by atoms with van der Waals surface area (Å²) in [5.74, 6) is 3.77. The van der Waals surface area contributed by atoms with Crippen LogP contribution in [0.4, 0.5) is 5.82 Å². The van der Waals surface area contributed by atoms with E-state index in [-0.39, 0.29) is 17.8 Å². The Labute approximate surface area is 183 Å². The largest absolute Gasteiger partial charge is 0.489 e. The Kier molecular flexibility index (Phi) is 6.59. The second kappa shape index (κ2) is 9.54. The Bertz CT molecular complexity index is 898. The summed E-state index contributed by atoms with van der Waals surface area (Å²) in [5, 5.41) is 0. The molecule has 0 radical (unpaired) electrons. The topological polar surface area (TPSA) is 73.8 Å². The molecule has 1 aromatic carbocycles. The summed E-state index contributed by atoms with van der Waals surface area (Å²) < 4.78 is 17.7. The van der Waals surface area contributed by atoms with E-state index >= 15 is 0 Å². The van der Waals surface area contributed by atoms with Crippen LogP contribution in [0.5, 0.6) is 17.4 Å². The van der Waals surface area contributed by atoms with Gasteiger partial charge >= 0.3 is 0 Å². The van der Waals surface area contributed by atoms with E-state index in [1.807, 2.05) is 24.3 Å². The van der Waals surface area contributed by atoms with Crippen molar-refractivity contribution in [1.29, 1.82) is 0 Å². The van der Waals surface area contributed by atoms with Gasteiger partial charge in [0.2, 0.25) is 5.75 Å². The number of ketones is 1. The number of hydrogen-bond donors (Lipinski definition) is 0. The van der Waals surface area contributed by atoms with Crippen molar-refractivity contribution >= 4 is 11.6 Å². The summed E-state index contributed by atoms with van der Waals surface area (Å²) in [5.41, 5.74) is 1.15. The third-order valence-corrected chi connectivity index (χ3v) is 5.90. The van der Waals surface area contributed by atoms with Crippen molar-refractivity contribution in [2.75, 3.05) is 31.7 Å². The molecule has 1 aliphatic heterocycles. The van der Waals surface area contributed by atoms with Gasteiger partial charge in [-0.1, -0.05) is 19.1 Å². The van der Waals surface area contributed by atoms with Crippen molar-refractivity contribution < 1.29 is 19.0 Å². The average molecular weight is 426 g/mol. The van der Waals surface area contributed by atoms with E-state index < -0.39 is 0 Å². The minimum absolute atomic E-state index is 0.0657. The van der Waals surface area contributed by atoms with Crippen LogP contribution in [0.2, 0.25) is 0 Å². The standard InChI is InChI=1S/C24H31N3O4/c1-16(12-17(2)28)19-6-8-20(9-7-19)31-21-10-11-27(13-21)23-22(29-3)24(26-15-25-23)30-14-18-4-5-18/h6-9,15-16,18,21H,4-5,10-14H2,1-3H3/t16-,21-/m1/s1. The van der Waals surface area contributed by atoms with Crippen LogP contribution in [0.1, 0.15) is 51.0 Å². The molecule has 2 aromatic rings. The van der Waals surface area contributed by atoms with Crippen molar-refractivity contribution in [3.05, 3.63) is 36.2 Å². The normalized spacial score (nSPS) is 19.2. The monoisotopic (exact) mass is 425 g/mol. The van der Waals surface area contributed by atoms with Crippen LogP contribution in [-0.4, -0.2) is 48.7 Å². The second-order valence-corrected chi connectivity index (χ2v) is 8.64. The second-order valence-electron chi connectivity index (χ2n) is 8.64. The molecule has 0 amide bonds. The zero-order valence-corrected chi connectivity index (χ0v) is 18.5. The molecule has 166 valence electrons. The molecule has 2 heterocycles. The smallest absolute Gasteiger partial charge is 0.262 e. The van der Waals surface area contributed by atoms with Crippen molar-refractivity contribution in [3.63, 3.8) is 0 Å². The van der Waals surface area contributed by atoms with Gasteiger partial charge in [0, 0.05) is 19.4 Å². The molecule has 0 unspecified atom stereocenters. The fourth-order valence-corrected chi connectivity index (χ4v) is 3.97. The number of Topliss-reactive ketones (excluding diaryl/α,β-unsaturated/α-hetero) is 1. The molecule has 31 heavy (non-hydrogen) atoms. The molecule has 2 aliphatic rings. The quantitative estimate of drug-likeness (QED) is 0.569. The number of methoxy groups -OCH3 is 1. The third kappa shape index (κ3) is 5.46. The van der Waals surface area contributed by atoms with Crippen LogP contribution >= 0.6 is 0 Å². The number of aromatic nitrogens is 2. The van der Waals surface area contributed by atoms with E-state index in [0.717, 1.165) is 36.6 Å². The lowest BCUT2D eigenvalue weighted by molar-refractivity contribution is -0.117. The molecule has 4 rings (SSSR count). The van der Waals surface area contributed by atoms with Crippen molar-refractivity contribution in [3.8, 4) is 17.4 Å². The van der Waals surface area contributed by atoms with Crippen LogP contribution in [0.25, 0.3) is 0 Å². The number of rotatable bonds is 10. The number of hydrogen-bond acceptors (Lipinski definition) is 7. The van der Waals surface area contributed by atoms with Gasteiger partial charge in [-0.15, -0.1) is 0 Å². The fourth-order valence-electron chi connectivity index (χ4n) is 3.97. The maximum Gasteiger partial charge on any atom is 0.262 e. The van der Waals surface area contributed by atoms with Crippen LogP contribution in [0.15, 0.2) is 30.6 Å². The van der Waals surface area contributed by atoms with Gasteiger partial charge in [0.25, 0.3) is 5.88 Å². The molecule has 2 atom stereocenters. The molecule has 0 spiro atoms. The van der Waals surface area contributed by atoms with Gasteiger partial charge in [-0.3, -0.25) is 0 Å². The molecule has 2 fully saturated rings. The maximum absolute atomic E-state index is 11.4. The van der Waals surface area contributed by atoms with E-state index in [2.05, 4.69) is 21.8 Å². The molecule has 1 saturated carbocycles. The number of carbonyl (C=O) groups excluding carboxylic acids is 1. The van der Waals surface area contributed by atoms with Crippen LogP contribution in [-0.2, 0) is 4.79 Å². The summed E-state index contributed by atoms with van der Waals surface area (Å²) in [6.45, 7) is 5.93. The van der Waals surface area contributed by atoms with Gasteiger partial charge in [0.05, 0.1) is 20.3 Å². The highest BCUT2D eigenvalue weighted by atomic mass is 16.5. The highest BCUT2D eigenvalue weighted by molar-refractivity contribution is 5.76. The lowest BCUT2D eigenvalue weighted by atomic mass is 9.96. The molecule has 0 N–H and O–H groups in total. The summed E-state index contributed by atoms with van der Waals surface area (Å²) in [4.78, 5) is 22.2. The summed E-state index contributed by atoms with van der Waals surface area (Å²) in [6.07, 6.45) is 5.51. The number of nitrogens with zero attached hydrogens (tertiary/aromatic N) is 3. The summed E-state index contributed by atoms with van der Waals surface area (Å²) in [6, 6.07) is 8.08. The summed E-state index contributed by atoms with van der Waals surface area (Å²) >= 11 is 0. The Morgan fingerprint density at radius 3 is 2.65 bits per heavy atom. The highest BCUT2D eigenvalue weighted by Crippen LogP contribution is 2.37. The minimum Gasteiger partial charge on any atom is -0.489 e. The number of anilines is 1. The fraction of sp³-hybridized carbons (Fsp3) is 0.542. The summed E-state index contributed by atoms with van der Waals surface area (Å²) in [7, 11) is 1.63. The van der Waals surface area contributed by atoms with Gasteiger partial charge in [0.15, 0.2) is 5.82 Å². The first-order valence-corrected chi connectivity index (χ1v) is 11.1. The third-order valence-electron chi connectivity index (χ3n) is 5.90. The minimum atomic E-state index is 0.0657. The molecule has 1 aliphatic carbocycles. The Morgan fingerprint density at radius 1 is 1.19 bits per heavy atom. The molecule has 7 heteroatoms. The van der Waals surface area contributed by atoms with Crippen LogP contribution in [0.3, 0.4) is 0 Å². The van der Waals surface area contributed by atoms with E-state index in [4.69, 9.17) is 14.2 Å². The highest BCUT2D eigenvalue weighted by Gasteiger charge is 2.30. The van der Waals surface area contributed by atoms with Gasteiger partial charge < -0.3 is 23.9 Å². The van der Waals surface area contributed by atoms with Crippen molar-refractivity contribution in [2.45, 2.75) is 51.6 Å². The molecular weight excluding hydrogens is 394 g/mol. The lowest BCUT2D eigenvalue weighted by Gasteiger charge is -2.21. The number of ether oxygens (including phenoxy) is 3. The maximum atomic E-state index is 11.4. The van der Waals surface area contributed by atoms with Crippen molar-refractivity contribution in [1.82, 2.24) is 9.97 Å². The zero-order valence-electron chi connectivity index (χ0n) is 18.5. The first kappa shape index (κ1) is 21.4. The van der Waals surface area contributed by atoms with Crippen molar-refractivity contribution in [2.24, 2.45) is 5.92 Å². The van der Waals surface area contributed by atoms with Crippen LogP contribution in [0, 0.1) is 5.92 Å². The van der Waals surface area contributed by atoms with Gasteiger partial charge in [-0.05, 0) is 49.3 Å². The average Bonchev–Trinajstić information content (AvgIpc) is 3.48. The molecule has 1 saturated heterocycles. The first-order chi connectivity index (χ1) is 15.0. The molecule has 0 bridgehead atoms. The molecular formula is C24H31N3O4. The predicted molar refractivity (Wildman–Crippen MR) is 118 cm³/mol. The first-order valence-electron chi connectivity index (χ1n) is 11.1. The Hall–Kier alpha value is -2.83. The zero-order chi connectivity index (χ0) is 21.8. The van der Waals surface area contributed by atoms with Gasteiger partial charge in [-0.2, -0.15) is 4.98 Å². The van der Waals surface area contributed by atoms with E-state index in [9.17, 15) is 4.79 Å².